The standard InChI is InChI=1S/C18H18ClN3O6S/c1-12-2-4-14(11-17(12)29(26,27)21-6-8-28-9-7-21)20-18(23)15-5-3-13(19)10-16(15)22(24)25/h2-5,10-11H,6-9H2,1H3,(H,20,23). The molecule has 0 aromatic heterocycles. The monoisotopic (exact) mass is 439 g/mol. The average molecular weight is 440 g/mol. The van der Waals surface area contributed by atoms with Crippen molar-refractivity contribution in [3.8, 4) is 0 Å². The lowest BCUT2D eigenvalue weighted by Gasteiger charge is -2.26. The topological polar surface area (TPSA) is 119 Å². The van der Waals surface area contributed by atoms with Crippen LogP contribution < -0.4 is 5.32 Å². The number of aryl methyl sites for hydroxylation is 1. The molecule has 0 aliphatic carbocycles. The Morgan fingerprint density at radius 3 is 2.55 bits per heavy atom. The highest BCUT2D eigenvalue weighted by Crippen LogP contribution is 2.27. The third-order valence-electron chi connectivity index (χ3n) is 4.43. The minimum atomic E-state index is -3.77. The number of anilines is 1. The van der Waals surface area contributed by atoms with Crippen LogP contribution in [-0.2, 0) is 14.8 Å². The van der Waals surface area contributed by atoms with Crippen LogP contribution in [0.15, 0.2) is 41.3 Å². The maximum atomic E-state index is 13.0. The number of carbonyl (C=O) groups is 1. The number of hydrogen-bond donors (Lipinski definition) is 1. The normalized spacial score (nSPS) is 15.1. The van der Waals surface area contributed by atoms with Gasteiger partial charge in [0.15, 0.2) is 0 Å². The minimum absolute atomic E-state index is 0.0582. The van der Waals surface area contributed by atoms with Crippen molar-refractivity contribution in [2.45, 2.75) is 11.8 Å². The number of morpholine rings is 1. The molecule has 0 atom stereocenters. The van der Waals surface area contributed by atoms with Crippen LogP contribution in [0.25, 0.3) is 0 Å². The summed E-state index contributed by atoms with van der Waals surface area (Å²) < 4.78 is 32.4. The molecular weight excluding hydrogens is 422 g/mol. The van der Waals surface area contributed by atoms with E-state index in [2.05, 4.69) is 5.32 Å². The Hall–Kier alpha value is -2.53. The second-order valence-electron chi connectivity index (χ2n) is 6.37. The third kappa shape index (κ3) is 4.56. The van der Waals surface area contributed by atoms with E-state index in [1.54, 1.807) is 13.0 Å². The van der Waals surface area contributed by atoms with Crippen molar-refractivity contribution in [1.82, 2.24) is 4.31 Å². The summed E-state index contributed by atoms with van der Waals surface area (Å²) in [6.07, 6.45) is 0. The van der Waals surface area contributed by atoms with Crippen molar-refractivity contribution in [3.05, 3.63) is 62.7 Å². The molecule has 1 aliphatic heterocycles. The SMILES string of the molecule is Cc1ccc(NC(=O)c2ccc(Cl)cc2[N+](=O)[O-])cc1S(=O)(=O)N1CCOCC1. The second-order valence-corrected chi connectivity index (χ2v) is 8.71. The van der Waals surface area contributed by atoms with Gasteiger partial charge >= 0.3 is 0 Å². The summed E-state index contributed by atoms with van der Waals surface area (Å²) in [5.41, 5.74) is 0.101. The Labute approximate surface area is 172 Å². The van der Waals surface area contributed by atoms with E-state index in [1.807, 2.05) is 0 Å². The molecule has 1 heterocycles. The molecule has 0 spiro atoms. The van der Waals surface area contributed by atoms with Crippen LogP contribution in [0.1, 0.15) is 15.9 Å². The van der Waals surface area contributed by atoms with Gasteiger partial charge in [-0.05, 0) is 36.8 Å². The number of rotatable bonds is 5. The number of ether oxygens (including phenoxy) is 1. The van der Waals surface area contributed by atoms with Gasteiger partial charge in [0.1, 0.15) is 5.56 Å². The largest absolute Gasteiger partial charge is 0.379 e. The van der Waals surface area contributed by atoms with Crippen molar-refractivity contribution < 1.29 is 22.9 Å². The van der Waals surface area contributed by atoms with Gasteiger partial charge in [-0.2, -0.15) is 4.31 Å². The Bertz CT molecular complexity index is 1070. The lowest BCUT2D eigenvalue weighted by atomic mass is 10.1. The summed E-state index contributed by atoms with van der Waals surface area (Å²) in [6.45, 7) is 2.78. The number of amides is 1. The molecule has 0 bridgehead atoms. The van der Waals surface area contributed by atoms with Crippen LogP contribution in [0.3, 0.4) is 0 Å². The summed E-state index contributed by atoms with van der Waals surface area (Å²) in [4.78, 5) is 23.1. The summed E-state index contributed by atoms with van der Waals surface area (Å²) in [7, 11) is -3.77. The zero-order chi connectivity index (χ0) is 21.2. The molecule has 2 aromatic rings. The molecule has 1 amide bonds. The van der Waals surface area contributed by atoms with Crippen LogP contribution in [-0.4, -0.2) is 49.9 Å². The zero-order valence-corrected chi connectivity index (χ0v) is 17.0. The number of nitro benzene ring substituents is 1. The van der Waals surface area contributed by atoms with E-state index in [-0.39, 0.29) is 34.3 Å². The smallest absolute Gasteiger partial charge is 0.283 e. The average Bonchev–Trinajstić information content (AvgIpc) is 2.69. The van der Waals surface area contributed by atoms with Crippen molar-refractivity contribution in [2.75, 3.05) is 31.6 Å². The quantitative estimate of drug-likeness (QED) is 0.565. The fourth-order valence-corrected chi connectivity index (χ4v) is 4.75. The second kappa shape index (κ2) is 8.46. The van der Waals surface area contributed by atoms with Gasteiger partial charge in [0.2, 0.25) is 10.0 Å². The number of halogens is 1. The van der Waals surface area contributed by atoms with E-state index in [4.69, 9.17) is 16.3 Å². The molecular formula is C18H18ClN3O6S. The first-order chi connectivity index (χ1) is 13.7. The molecule has 0 unspecified atom stereocenters. The van der Waals surface area contributed by atoms with E-state index < -0.39 is 26.5 Å². The molecule has 11 heteroatoms. The van der Waals surface area contributed by atoms with Crippen LogP contribution in [0.5, 0.6) is 0 Å². The minimum Gasteiger partial charge on any atom is -0.379 e. The summed E-state index contributed by atoms with van der Waals surface area (Å²) in [6, 6.07) is 8.15. The van der Waals surface area contributed by atoms with Gasteiger partial charge in [-0.3, -0.25) is 14.9 Å². The molecule has 1 N–H and O–H groups in total. The van der Waals surface area contributed by atoms with Gasteiger partial charge in [0.05, 0.1) is 23.0 Å². The first kappa shape index (κ1) is 21.2. The molecule has 2 aromatic carbocycles. The number of nitrogens with one attached hydrogen (secondary N) is 1. The van der Waals surface area contributed by atoms with Crippen LogP contribution in [0, 0.1) is 17.0 Å². The molecule has 9 nitrogen and oxygen atoms in total. The third-order valence-corrected chi connectivity index (χ3v) is 6.71. The maximum absolute atomic E-state index is 13.0. The molecule has 3 rings (SSSR count). The van der Waals surface area contributed by atoms with E-state index in [9.17, 15) is 23.3 Å². The molecule has 154 valence electrons. The number of nitrogens with zero attached hydrogens (tertiary/aromatic N) is 2. The maximum Gasteiger partial charge on any atom is 0.283 e. The van der Waals surface area contributed by atoms with Gasteiger partial charge in [-0.1, -0.05) is 17.7 Å². The number of carbonyl (C=O) groups excluding carboxylic acids is 1. The lowest BCUT2D eigenvalue weighted by molar-refractivity contribution is -0.385. The molecule has 0 radical (unpaired) electrons. The predicted molar refractivity (Wildman–Crippen MR) is 107 cm³/mol. The summed E-state index contributed by atoms with van der Waals surface area (Å²) >= 11 is 5.77. The van der Waals surface area contributed by atoms with Crippen LogP contribution in [0.4, 0.5) is 11.4 Å². The number of hydrogen-bond acceptors (Lipinski definition) is 6. The van der Waals surface area contributed by atoms with Crippen LogP contribution in [0.2, 0.25) is 5.02 Å². The summed E-state index contributed by atoms with van der Waals surface area (Å²) in [5.74, 6) is -0.744. The van der Waals surface area contributed by atoms with Crippen molar-refractivity contribution >= 4 is 38.9 Å². The van der Waals surface area contributed by atoms with Crippen molar-refractivity contribution in [3.63, 3.8) is 0 Å². The van der Waals surface area contributed by atoms with E-state index in [1.165, 1.54) is 28.6 Å². The highest BCUT2D eigenvalue weighted by atomic mass is 35.5. The van der Waals surface area contributed by atoms with E-state index in [0.717, 1.165) is 6.07 Å². The van der Waals surface area contributed by atoms with Gasteiger partial charge < -0.3 is 10.1 Å². The Kier molecular flexibility index (Phi) is 6.18. The highest BCUT2D eigenvalue weighted by molar-refractivity contribution is 7.89. The number of benzene rings is 2. The predicted octanol–water partition coefficient (Wildman–Crippen LogP) is 2.83. The molecule has 0 saturated carbocycles. The van der Waals surface area contributed by atoms with Gasteiger partial charge in [-0.25, -0.2) is 8.42 Å². The summed E-state index contributed by atoms with van der Waals surface area (Å²) in [5, 5.41) is 13.9. The fourth-order valence-electron chi connectivity index (χ4n) is 2.93. The zero-order valence-electron chi connectivity index (χ0n) is 15.4. The Morgan fingerprint density at radius 2 is 1.90 bits per heavy atom. The van der Waals surface area contributed by atoms with E-state index >= 15 is 0 Å². The van der Waals surface area contributed by atoms with Gasteiger partial charge in [-0.15, -0.1) is 0 Å². The van der Waals surface area contributed by atoms with Crippen LogP contribution >= 0.6 is 11.6 Å². The van der Waals surface area contributed by atoms with Gasteiger partial charge in [0.25, 0.3) is 11.6 Å². The van der Waals surface area contributed by atoms with E-state index in [0.29, 0.717) is 18.8 Å². The lowest BCUT2D eigenvalue weighted by Crippen LogP contribution is -2.40. The fraction of sp³-hybridized carbons (Fsp3) is 0.278. The molecule has 1 saturated heterocycles. The molecule has 1 aliphatic rings. The highest BCUT2D eigenvalue weighted by Gasteiger charge is 2.28. The number of nitro groups is 1. The number of sulfonamides is 1. The first-order valence-corrected chi connectivity index (χ1v) is 10.5. The van der Waals surface area contributed by atoms with Crippen molar-refractivity contribution in [2.24, 2.45) is 0 Å². The van der Waals surface area contributed by atoms with Gasteiger partial charge in [0, 0.05) is 29.9 Å². The molecule has 29 heavy (non-hydrogen) atoms. The Balaban J connectivity index is 1.91. The first-order valence-electron chi connectivity index (χ1n) is 8.64. The Morgan fingerprint density at radius 1 is 1.21 bits per heavy atom. The van der Waals surface area contributed by atoms with Crippen molar-refractivity contribution in [1.29, 1.82) is 0 Å². The molecule has 1 fully saturated rings.